The number of aliphatic hydroxyl groups is 1. The number of hydrogen-bond donors (Lipinski definition) is 1. The normalized spacial score (nSPS) is 18.5. The summed E-state index contributed by atoms with van der Waals surface area (Å²) in [6.07, 6.45) is 5.72. The maximum atomic E-state index is 13.7. The Morgan fingerprint density at radius 3 is 2.08 bits per heavy atom. The Morgan fingerprint density at radius 1 is 1.04 bits per heavy atom. The van der Waals surface area contributed by atoms with Crippen LogP contribution in [0.4, 0.5) is 0 Å². The van der Waals surface area contributed by atoms with Crippen molar-refractivity contribution in [2.75, 3.05) is 0 Å². The molecule has 0 amide bonds. The van der Waals surface area contributed by atoms with Gasteiger partial charge in [-0.3, -0.25) is 4.57 Å². The first-order valence-corrected chi connectivity index (χ1v) is 11.3. The van der Waals surface area contributed by atoms with E-state index in [9.17, 15) is 9.67 Å². The molecule has 1 saturated carbocycles. The fourth-order valence-corrected chi connectivity index (χ4v) is 5.68. The first kappa shape index (κ1) is 21.4. The van der Waals surface area contributed by atoms with Gasteiger partial charge in [0.2, 0.25) is 0 Å². The Kier molecular flexibility index (Phi) is 8.09. The van der Waals surface area contributed by atoms with E-state index in [0.29, 0.717) is 5.31 Å². The van der Waals surface area contributed by atoms with Gasteiger partial charge in [0.15, 0.2) is 0 Å². The van der Waals surface area contributed by atoms with Gasteiger partial charge in [-0.1, -0.05) is 49.6 Å². The summed E-state index contributed by atoms with van der Waals surface area (Å²) >= 11 is 0. The smallest absolute Gasteiger partial charge is 0.360 e. The molecule has 1 aliphatic rings. The minimum atomic E-state index is -3.62. The Balaban J connectivity index is 2.45. The number of rotatable bonds is 8. The van der Waals surface area contributed by atoms with Crippen LogP contribution in [-0.2, 0) is 13.6 Å². The third kappa shape index (κ3) is 6.06. The van der Waals surface area contributed by atoms with Gasteiger partial charge in [-0.05, 0) is 58.1 Å². The van der Waals surface area contributed by atoms with E-state index < -0.39 is 13.7 Å². The summed E-state index contributed by atoms with van der Waals surface area (Å²) in [5.74, 6) is 0.0959. The van der Waals surface area contributed by atoms with Crippen molar-refractivity contribution in [3.05, 3.63) is 41.2 Å². The second kappa shape index (κ2) is 9.85. The van der Waals surface area contributed by atoms with Gasteiger partial charge in [0.1, 0.15) is 0 Å². The average molecular weight is 380 g/mol. The summed E-state index contributed by atoms with van der Waals surface area (Å²) in [4.78, 5) is 0. The third-order valence-corrected chi connectivity index (χ3v) is 6.95. The molecule has 0 spiro atoms. The number of benzene rings is 1. The van der Waals surface area contributed by atoms with E-state index in [1.54, 1.807) is 6.08 Å². The first-order chi connectivity index (χ1) is 12.3. The highest BCUT2D eigenvalue weighted by molar-refractivity contribution is 7.58. The minimum absolute atomic E-state index is 0.0959. The van der Waals surface area contributed by atoms with Crippen molar-refractivity contribution in [2.45, 2.75) is 78.1 Å². The van der Waals surface area contributed by atoms with Crippen LogP contribution >= 0.6 is 7.60 Å². The second-order valence-electron chi connectivity index (χ2n) is 7.63. The van der Waals surface area contributed by atoms with Gasteiger partial charge in [0.05, 0.1) is 23.6 Å². The summed E-state index contributed by atoms with van der Waals surface area (Å²) in [5.41, 5.74) is 0.886. The molecule has 1 N–H and O–H groups in total. The van der Waals surface area contributed by atoms with Gasteiger partial charge in [0, 0.05) is 0 Å². The fraction of sp³-hybridized carbons (Fsp3) is 0.619. The molecule has 2 rings (SSSR count). The van der Waals surface area contributed by atoms with E-state index >= 15 is 0 Å². The molecule has 1 fully saturated rings. The van der Waals surface area contributed by atoms with Crippen molar-refractivity contribution in [2.24, 2.45) is 5.92 Å². The molecule has 1 unspecified atom stereocenters. The predicted molar refractivity (Wildman–Crippen MR) is 107 cm³/mol. The molecule has 0 heterocycles. The topological polar surface area (TPSA) is 55.8 Å². The molecule has 1 aromatic rings. The molecule has 5 heteroatoms. The van der Waals surface area contributed by atoms with Crippen LogP contribution < -0.4 is 0 Å². The maximum absolute atomic E-state index is 13.7. The average Bonchev–Trinajstić information content (AvgIpc) is 2.59. The van der Waals surface area contributed by atoms with Gasteiger partial charge in [-0.25, -0.2) is 0 Å². The summed E-state index contributed by atoms with van der Waals surface area (Å²) in [6, 6.07) is 9.65. The molecule has 0 aliphatic heterocycles. The first-order valence-electron chi connectivity index (χ1n) is 9.74. The monoisotopic (exact) mass is 380 g/mol. The van der Waals surface area contributed by atoms with Gasteiger partial charge in [-0.15, -0.1) is 0 Å². The van der Waals surface area contributed by atoms with Crippen molar-refractivity contribution >= 4 is 13.7 Å². The quantitative estimate of drug-likeness (QED) is 0.561. The van der Waals surface area contributed by atoms with E-state index in [-0.39, 0.29) is 18.1 Å². The Bertz CT molecular complexity index is 604. The molecule has 146 valence electrons. The summed E-state index contributed by atoms with van der Waals surface area (Å²) in [6.45, 7) is 7.35. The molecular formula is C21H33O4P. The fourth-order valence-electron chi connectivity index (χ4n) is 3.44. The molecule has 4 nitrogen and oxygen atoms in total. The van der Waals surface area contributed by atoms with Gasteiger partial charge in [0.25, 0.3) is 0 Å². The van der Waals surface area contributed by atoms with Crippen LogP contribution in [0.1, 0.15) is 65.4 Å². The van der Waals surface area contributed by atoms with Crippen molar-refractivity contribution in [1.29, 1.82) is 0 Å². The van der Waals surface area contributed by atoms with Crippen LogP contribution in [0.15, 0.2) is 35.6 Å². The highest BCUT2D eigenvalue weighted by Crippen LogP contribution is 2.60. The molecule has 0 bridgehead atoms. The highest BCUT2D eigenvalue weighted by atomic mass is 31.2. The SMILES string of the molecule is CC(C)OP(=O)(OC(C)C)/C(=C/c1ccccc1)C(O)C1CCCCC1. The van der Waals surface area contributed by atoms with E-state index in [0.717, 1.165) is 31.2 Å². The Labute approximate surface area is 158 Å². The molecule has 0 saturated heterocycles. The molecule has 1 atom stereocenters. The van der Waals surface area contributed by atoms with Gasteiger partial charge < -0.3 is 14.2 Å². The Hall–Kier alpha value is -0.930. The maximum Gasteiger partial charge on any atom is 0.360 e. The van der Waals surface area contributed by atoms with Gasteiger partial charge >= 0.3 is 7.60 Å². The molecule has 1 aromatic carbocycles. The van der Waals surface area contributed by atoms with E-state index in [2.05, 4.69) is 0 Å². The summed E-state index contributed by atoms with van der Waals surface area (Å²) in [7, 11) is -3.62. The second-order valence-corrected chi connectivity index (χ2v) is 9.56. The van der Waals surface area contributed by atoms with Crippen LogP contribution in [0.25, 0.3) is 6.08 Å². The zero-order valence-corrected chi connectivity index (χ0v) is 17.3. The highest BCUT2D eigenvalue weighted by Gasteiger charge is 2.40. The van der Waals surface area contributed by atoms with Crippen LogP contribution in [0.2, 0.25) is 0 Å². The number of hydrogen-bond acceptors (Lipinski definition) is 4. The minimum Gasteiger partial charge on any atom is -0.388 e. The molecule has 26 heavy (non-hydrogen) atoms. The molecular weight excluding hydrogens is 347 g/mol. The summed E-state index contributed by atoms with van der Waals surface area (Å²) < 4.78 is 25.3. The standard InChI is InChI=1S/C21H33O4P/c1-16(2)24-26(23,25-17(3)4)20(15-18-11-7-5-8-12-18)21(22)19-13-9-6-10-14-19/h5,7-8,11-12,15-17,19,21-22H,6,9-10,13-14H2,1-4H3/b20-15+. The van der Waals surface area contributed by atoms with E-state index in [4.69, 9.17) is 9.05 Å². The molecule has 0 aromatic heterocycles. The largest absolute Gasteiger partial charge is 0.388 e. The van der Waals surface area contributed by atoms with Crippen LogP contribution in [-0.4, -0.2) is 23.4 Å². The summed E-state index contributed by atoms with van der Waals surface area (Å²) in [5, 5.41) is 11.5. The van der Waals surface area contributed by atoms with Crippen LogP contribution in [0, 0.1) is 5.92 Å². The van der Waals surface area contributed by atoms with Crippen LogP contribution in [0.3, 0.4) is 0 Å². The zero-order valence-electron chi connectivity index (χ0n) is 16.4. The molecule has 1 aliphatic carbocycles. The lowest BCUT2D eigenvalue weighted by Crippen LogP contribution is -2.26. The van der Waals surface area contributed by atoms with Crippen molar-refractivity contribution in [1.82, 2.24) is 0 Å². The van der Waals surface area contributed by atoms with Crippen LogP contribution in [0.5, 0.6) is 0 Å². The third-order valence-electron chi connectivity index (χ3n) is 4.53. The van der Waals surface area contributed by atoms with Gasteiger partial charge in [-0.2, -0.15) is 0 Å². The lowest BCUT2D eigenvalue weighted by molar-refractivity contribution is 0.105. The lowest BCUT2D eigenvalue weighted by Gasteiger charge is -2.32. The van der Waals surface area contributed by atoms with E-state index in [1.807, 2.05) is 58.0 Å². The van der Waals surface area contributed by atoms with Crippen molar-refractivity contribution in [3.8, 4) is 0 Å². The zero-order chi connectivity index (χ0) is 19.2. The Morgan fingerprint density at radius 2 is 1.58 bits per heavy atom. The molecule has 0 radical (unpaired) electrons. The lowest BCUT2D eigenvalue weighted by atomic mass is 9.85. The predicted octanol–water partition coefficient (Wildman–Crippen LogP) is 6.01. The van der Waals surface area contributed by atoms with E-state index in [1.165, 1.54) is 6.42 Å². The van der Waals surface area contributed by atoms with Crippen molar-refractivity contribution < 1.29 is 18.7 Å². The van der Waals surface area contributed by atoms with Crippen molar-refractivity contribution in [3.63, 3.8) is 0 Å². The number of aliphatic hydroxyl groups excluding tert-OH is 1.